The quantitative estimate of drug-likeness (QED) is 0.667. The van der Waals surface area contributed by atoms with Gasteiger partial charge >= 0.3 is 6.09 Å². The molecule has 0 saturated carbocycles. The fourth-order valence-corrected chi connectivity index (χ4v) is 4.03. The summed E-state index contributed by atoms with van der Waals surface area (Å²) in [6, 6.07) is 5.74. The van der Waals surface area contributed by atoms with E-state index in [1.807, 2.05) is 24.7 Å². The first kappa shape index (κ1) is 21.4. The summed E-state index contributed by atoms with van der Waals surface area (Å²) in [6.45, 7) is 7.57. The van der Waals surface area contributed by atoms with Gasteiger partial charge in [-0.15, -0.1) is 0 Å². The normalized spacial score (nSPS) is 16.4. The van der Waals surface area contributed by atoms with E-state index in [1.165, 1.54) is 11.2 Å². The largest absolute Gasteiger partial charge is 0.465 e. The van der Waals surface area contributed by atoms with Crippen LogP contribution in [0.15, 0.2) is 30.9 Å². The molecule has 1 saturated heterocycles. The maximum Gasteiger partial charge on any atom is 0.407 e. The molecule has 1 fully saturated rings. The number of fused-ring (bicyclic) bond motifs is 1. The molecule has 4 rings (SSSR count). The van der Waals surface area contributed by atoms with Gasteiger partial charge in [-0.1, -0.05) is 0 Å². The standard InChI is InChI=1S/C22H26N8O2/c1-14(2)27(4)17-12-30(18-9-16(10-23)5-6-24-18)21-19(17)20(25-13-26-21)29-8-7-28(22(31)32)11-15(29)3/h5-6,9,12-15H,7-8,11H2,1-4H3,(H,31,32)/t15-/m0/s1. The molecule has 0 radical (unpaired) electrons. The number of carbonyl (C=O) groups is 1. The third-order valence-electron chi connectivity index (χ3n) is 5.99. The molecule has 1 aliphatic heterocycles. The second-order valence-corrected chi connectivity index (χ2v) is 8.27. The van der Waals surface area contributed by atoms with E-state index in [2.05, 4.69) is 44.7 Å². The summed E-state index contributed by atoms with van der Waals surface area (Å²) >= 11 is 0. The van der Waals surface area contributed by atoms with Gasteiger partial charge in [0.05, 0.1) is 22.7 Å². The van der Waals surface area contributed by atoms with E-state index in [1.54, 1.807) is 18.3 Å². The monoisotopic (exact) mass is 434 g/mol. The number of piperazine rings is 1. The van der Waals surface area contributed by atoms with Crippen LogP contribution in [0.1, 0.15) is 26.3 Å². The highest BCUT2D eigenvalue weighted by Crippen LogP contribution is 2.37. The molecule has 1 N–H and O–H groups in total. The van der Waals surface area contributed by atoms with Crippen LogP contribution in [0.2, 0.25) is 0 Å². The average Bonchev–Trinajstić information content (AvgIpc) is 3.18. The van der Waals surface area contributed by atoms with Crippen molar-refractivity contribution < 1.29 is 9.90 Å². The van der Waals surface area contributed by atoms with Crippen LogP contribution in [0.5, 0.6) is 0 Å². The predicted molar refractivity (Wildman–Crippen MR) is 121 cm³/mol. The van der Waals surface area contributed by atoms with Gasteiger partial charge in [-0.3, -0.25) is 4.57 Å². The van der Waals surface area contributed by atoms with Gasteiger partial charge in [-0.05, 0) is 32.9 Å². The molecule has 3 aromatic heterocycles. The molecule has 0 aromatic carbocycles. The Hall–Kier alpha value is -3.87. The molecular weight excluding hydrogens is 408 g/mol. The molecule has 1 aliphatic rings. The van der Waals surface area contributed by atoms with Crippen molar-refractivity contribution in [2.75, 3.05) is 36.5 Å². The first-order valence-corrected chi connectivity index (χ1v) is 10.5. The molecule has 0 unspecified atom stereocenters. The lowest BCUT2D eigenvalue weighted by Crippen LogP contribution is -2.53. The van der Waals surface area contributed by atoms with Crippen LogP contribution >= 0.6 is 0 Å². The zero-order valence-corrected chi connectivity index (χ0v) is 18.6. The Bertz CT molecular complexity index is 1200. The smallest absolute Gasteiger partial charge is 0.407 e. The van der Waals surface area contributed by atoms with E-state index >= 15 is 0 Å². The number of rotatable bonds is 4. The number of pyridine rings is 1. The molecule has 0 bridgehead atoms. The van der Waals surface area contributed by atoms with Crippen molar-refractivity contribution in [3.05, 3.63) is 36.4 Å². The Balaban J connectivity index is 1.89. The van der Waals surface area contributed by atoms with Crippen LogP contribution in [-0.2, 0) is 0 Å². The molecule has 3 aromatic rings. The zero-order valence-electron chi connectivity index (χ0n) is 18.6. The van der Waals surface area contributed by atoms with Gasteiger partial charge in [0.25, 0.3) is 0 Å². The minimum atomic E-state index is -0.904. The van der Waals surface area contributed by atoms with Crippen molar-refractivity contribution in [1.82, 2.24) is 24.4 Å². The SMILES string of the molecule is CC(C)N(C)c1cn(-c2cc(C#N)ccn2)c2ncnc(N3CCN(C(=O)O)C[C@@H]3C)c12. The van der Waals surface area contributed by atoms with Gasteiger partial charge in [-0.25, -0.2) is 19.7 Å². The van der Waals surface area contributed by atoms with Crippen molar-refractivity contribution in [1.29, 1.82) is 5.26 Å². The Morgan fingerprint density at radius 2 is 2.09 bits per heavy atom. The Morgan fingerprint density at radius 3 is 2.75 bits per heavy atom. The van der Waals surface area contributed by atoms with E-state index in [-0.39, 0.29) is 12.1 Å². The molecule has 166 valence electrons. The summed E-state index contributed by atoms with van der Waals surface area (Å²) in [5.41, 5.74) is 2.15. The van der Waals surface area contributed by atoms with Crippen LogP contribution < -0.4 is 9.80 Å². The lowest BCUT2D eigenvalue weighted by atomic mass is 10.1. The number of nitrogens with zero attached hydrogens (tertiary/aromatic N) is 8. The van der Waals surface area contributed by atoms with Crippen molar-refractivity contribution in [2.24, 2.45) is 0 Å². The summed E-state index contributed by atoms with van der Waals surface area (Å²) in [4.78, 5) is 30.8. The van der Waals surface area contributed by atoms with Gasteiger partial charge in [-0.2, -0.15) is 5.26 Å². The third-order valence-corrected chi connectivity index (χ3v) is 5.99. The first-order valence-electron chi connectivity index (χ1n) is 10.5. The van der Waals surface area contributed by atoms with Crippen molar-refractivity contribution in [3.63, 3.8) is 0 Å². The fourth-order valence-electron chi connectivity index (χ4n) is 4.03. The summed E-state index contributed by atoms with van der Waals surface area (Å²) < 4.78 is 1.88. The van der Waals surface area contributed by atoms with E-state index in [4.69, 9.17) is 0 Å². The molecule has 32 heavy (non-hydrogen) atoms. The van der Waals surface area contributed by atoms with Gasteiger partial charge in [0.2, 0.25) is 0 Å². The average molecular weight is 435 g/mol. The molecule has 10 nitrogen and oxygen atoms in total. The number of hydrogen-bond acceptors (Lipinski definition) is 7. The van der Waals surface area contributed by atoms with Gasteiger partial charge in [0.1, 0.15) is 18.0 Å². The predicted octanol–water partition coefficient (Wildman–Crippen LogP) is 2.72. The molecule has 4 heterocycles. The van der Waals surface area contributed by atoms with E-state index in [9.17, 15) is 15.2 Å². The Morgan fingerprint density at radius 1 is 1.31 bits per heavy atom. The fraction of sp³-hybridized carbons (Fsp3) is 0.409. The number of amides is 1. The lowest BCUT2D eigenvalue weighted by molar-refractivity contribution is 0.136. The number of aromatic nitrogens is 4. The molecule has 1 atom stereocenters. The number of nitriles is 1. The summed E-state index contributed by atoms with van der Waals surface area (Å²) in [5, 5.41) is 19.6. The van der Waals surface area contributed by atoms with Crippen molar-refractivity contribution in [3.8, 4) is 11.9 Å². The highest BCUT2D eigenvalue weighted by molar-refractivity contribution is 6.00. The highest BCUT2D eigenvalue weighted by atomic mass is 16.4. The molecule has 10 heteroatoms. The molecule has 0 aliphatic carbocycles. The van der Waals surface area contributed by atoms with Gasteiger partial charge in [0, 0.05) is 51.2 Å². The molecule has 1 amide bonds. The van der Waals surface area contributed by atoms with Crippen LogP contribution in [-0.4, -0.2) is 74.4 Å². The topological polar surface area (TPSA) is 114 Å². The Labute approximate surface area is 186 Å². The second-order valence-electron chi connectivity index (χ2n) is 8.27. The summed E-state index contributed by atoms with van der Waals surface area (Å²) in [6.07, 6.45) is 4.21. The summed E-state index contributed by atoms with van der Waals surface area (Å²) in [5.74, 6) is 1.37. The van der Waals surface area contributed by atoms with Crippen LogP contribution in [0, 0.1) is 11.3 Å². The third kappa shape index (κ3) is 3.66. The minimum Gasteiger partial charge on any atom is -0.465 e. The zero-order chi connectivity index (χ0) is 23.0. The summed E-state index contributed by atoms with van der Waals surface area (Å²) in [7, 11) is 2.02. The molecular formula is C22H26N8O2. The van der Waals surface area contributed by atoms with Gasteiger partial charge in [0.15, 0.2) is 5.65 Å². The number of hydrogen-bond donors (Lipinski definition) is 1. The van der Waals surface area contributed by atoms with Crippen LogP contribution in [0.4, 0.5) is 16.3 Å². The maximum atomic E-state index is 11.4. The highest BCUT2D eigenvalue weighted by Gasteiger charge is 2.30. The minimum absolute atomic E-state index is 0.0430. The van der Waals surface area contributed by atoms with Crippen LogP contribution in [0.25, 0.3) is 16.9 Å². The Kier molecular flexibility index (Phi) is 5.57. The van der Waals surface area contributed by atoms with E-state index < -0.39 is 6.09 Å². The van der Waals surface area contributed by atoms with Crippen molar-refractivity contribution >= 4 is 28.6 Å². The van der Waals surface area contributed by atoms with Gasteiger partial charge < -0.3 is 19.8 Å². The first-order chi connectivity index (χ1) is 15.3. The lowest BCUT2D eigenvalue weighted by Gasteiger charge is -2.39. The second kappa shape index (κ2) is 8.34. The maximum absolute atomic E-state index is 11.4. The van der Waals surface area contributed by atoms with E-state index in [0.29, 0.717) is 36.7 Å². The number of carboxylic acid groups (broad SMARTS) is 1. The molecule has 0 spiro atoms. The van der Waals surface area contributed by atoms with Crippen LogP contribution in [0.3, 0.4) is 0 Å². The van der Waals surface area contributed by atoms with Crippen molar-refractivity contribution in [2.45, 2.75) is 32.9 Å². The number of anilines is 2. The van der Waals surface area contributed by atoms with E-state index in [0.717, 1.165) is 16.9 Å².